The lowest BCUT2D eigenvalue weighted by Gasteiger charge is -2.10. The van der Waals surface area contributed by atoms with Crippen LogP contribution in [0.2, 0.25) is 5.02 Å². The van der Waals surface area contributed by atoms with E-state index in [0.717, 1.165) is 0 Å². The van der Waals surface area contributed by atoms with Gasteiger partial charge in [0.2, 0.25) is 5.95 Å². The largest absolute Gasteiger partial charge is 0.356 e. The molecule has 0 saturated carbocycles. The van der Waals surface area contributed by atoms with Crippen LogP contribution in [0.15, 0.2) is 59.7 Å². The molecule has 2 aliphatic rings. The van der Waals surface area contributed by atoms with E-state index in [1.807, 2.05) is 0 Å². The number of aromatic nitrogens is 3. The molecule has 0 spiro atoms. The quantitative estimate of drug-likeness (QED) is 0.438. The van der Waals surface area contributed by atoms with Crippen molar-refractivity contribution in [3.8, 4) is 16.8 Å². The van der Waals surface area contributed by atoms with Gasteiger partial charge in [0.1, 0.15) is 6.33 Å². The fourth-order valence-electron chi connectivity index (χ4n) is 1.85. The van der Waals surface area contributed by atoms with E-state index in [9.17, 15) is 4.79 Å². The van der Waals surface area contributed by atoms with Gasteiger partial charge in [-0.15, -0.1) is 0 Å². The minimum absolute atomic E-state index is 0.0789. The van der Waals surface area contributed by atoms with E-state index in [-0.39, 0.29) is 5.95 Å². The van der Waals surface area contributed by atoms with Crippen molar-refractivity contribution in [2.45, 2.75) is 0 Å². The Kier molecular flexibility index (Phi) is 3.86. The van der Waals surface area contributed by atoms with Crippen molar-refractivity contribution in [3.63, 3.8) is 0 Å². The average Bonchev–Trinajstić information content (AvgIpc) is 2.52. The third-order valence-electron chi connectivity index (χ3n) is 3.16. The molecule has 2 aromatic rings. The Morgan fingerprint density at radius 3 is 2.00 bits per heavy atom. The zero-order chi connectivity index (χ0) is 15.5. The molecule has 22 heavy (non-hydrogen) atoms. The maximum atomic E-state index is 11.6. The van der Waals surface area contributed by atoms with Gasteiger partial charge in [-0.05, 0) is 35.4 Å². The summed E-state index contributed by atoms with van der Waals surface area (Å²) in [5.74, 6) is 5.17. The van der Waals surface area contributed by atoms with Gasteiger partial charge < -0.3 is 0 Å². The number of hydrogen-bond donors (Lipinski definition) is 2. The van der Waals surface area contributed by atoms with Crippen LogP contribution in [-0.2, 0) is 0 Å². The summed E-state index contributed by atoms with van der Waals surface area (Å²) in [5.41, 5.74) is 5.22. The Hall–Kier alpha value is -2.70. The fourth-order valence-corrected chi connectivity index (χ4v) is 1.97. The van der Waals surface area contributed by atoms with Gasteiger partial charge in [-0.25, -0.2) is 15.6 Å². The highest BCUT2D eigenvalue weighted by Crippen LogP contribution is 2.29. The van der Waals surface area contributed by atoms with Gasteiger partial charge in [-0.2, -0.15) is 4.98 Å². The van der Waals surface area contributed by atoms with Gasteiger partial charge in [0.15, 0.2) is 0 Å². The normalized spacial score (nSPS) is 10.5. The van der Waals surface area contributed by atoms with E-state index in [0.29, 0.717) is 10.7 Å². The lowest BCUT2D eigenvalue weighted by Crippen LogP contribution is -2.24. The molecule has 0 aliphatic heterocycles. The third kappa shape index (κ3) is 2.83. The molecule has 6 nitrogen and oxygen atoms in total. The summed E-state index contributed by atoms with van der Waals surface area (Å²) in [6.45, 7) is 0. The lowest BCUT2D eigenvalue weighted by molar-refractivity contribution is 0.859. The van der Waals surface area contributed by atoms with E-state index in [1.165, 1.54) is 22.0 Å². The molecule has 2 aliphatic carbocycles. The summed E-state index contributed by atoms with van der Waals surface area (Å²) < 4.78 is 1.29. The second-order valence-corrected chi connectivity index (χ2v) is 4.97. The molecule has 0 unspecified atom stereocenters. The van der Waals surface area contributed by atoms with Gasteiger partial charge in [-0.3, -0.25) is 9.99 Å². The Morgan fingerprint density at radius 1 is 1.00 bits per heavy atom. The lowest BCUT2D eigenvalue weighted by atomic mass is 9.95. The van der Waals surface area contributed by atoms with Crippen molar-refractivity contribution in [3.05, 3.63) is 70.4 Å². The number of nitrogens with one attached hydrogen (secondary N) is 1. The number of rotatable bonds is 2. The Balaban J connectivity index is 0.000000196. The van der Waals surface area contributed by atoms with Crippen LogP contribution in [0, 0.1) is 0 Å². The molecular formula is C15H12ClN5O. The Bertz CT molecular complexity index is 822. The van der Waals surface area contributed by atoms with Gasteiger partial charge in [0, 0.05) is 5.02 Å². The minimum Gasteiger partial charge on any atom is -0.292 e. The van der Waals surface area contributed by atoms with E-state index in [2.05, 4.69) is 39.7 Å². The highest BCUT2D eigenvalue weighted by Gasteiger charge is 2.04. The second kappa shape index (κ2) is 5.97. The van der Waals surface area contributed by atoms with Crippen LogP contribution in [0.1, 0.15) is 0 Å². The number of nitrogens with zero attached hydrogens (tertiary/aromatic N) is 3. The van der Waals surface area contributed by atoms with Gasteiger partial charge in [0.25, 0.3) is 0 Å². The van der Waals surface area contributed by atoms with Gasteiger partial charge in [-0.1, -0.05) is 35.9 Å². The number of hydrogen-bond acceptors (Lipinski definition) is 5. The van der Waals surface area contributed by atoms with E-state index in [1.54, 1.807) is 24.3 Å². The molecule has 4 rings (SSSR count). The van der Waals surface area contributed by atoms with Crippen molar-refractivity contribution >= 4 is 17.5 Å². The molecule has 1 aromatic heterocycles. The molecule has 7 heteroatoms. The summed E-state index contributed by atoms with van der Waals surface area (Å²) in [5, 5.41) is 0.595. The van der Waals surface area contributed by atoms with Crippen LogP contribution in [0.25, 0.3) is 16.8 Å². The molecule has 1 aromatic carbocycles. The first-order valence-electron chi connectivity index (χ1n) is 6.46. The van der Waals surface area contributed by atoms with Crippen LogP contribution >= 0.6 is 11.6 Å². The smallest absolute Gasteiger partial charge is 0.292 e. The van der Waals surface area contributed by atoms with E-state index >= 15 is 0 Å². The fraction of sp³-hybridized carbons (Fsp3) is 0. The number of fused-ring (bicyclic) bond motifs is 1. The number of hydrazine groups is 1. The first-order chi connectivity index (χ1) is 10.7. The predicted molar refractivity (Wildman–Crippen MR) is 85.9 cm³/mol. The van der Waals surface area contributed by atoms with Crippen LogP contribution in [-0.4, -0.2) is 14.5 Å². The minimum atomic E-state index is -0.467. The highest BCUT2D eigenvalue weighted by atomic mass is 35.5. The van der Waals surface area contributed by atoms with Crippen molar-refractivity contribution in [2.24, 2.45) is 5.84 Å². The number of anilines is 1. The molecule has 0 saturated heterocycles. The van der Waals surface area contributed by atoms with Gasteiger partial charge in [0.05, 0.1) is 5.69 Å². The van der Waals surface area contributed by atoms with Crippen LogP contribution in [0.5, 0.6) is 0 Å². The molecule has 110 valence electrons. The number of nitrogen functional groups attached to an aromatic ring is 1. The molecule has 0 fully saturated rings. The summed E-state index contributed by atoms with van der Waals surface area (Å²) in [6.07, 6.45) is 1.34. The van der Waals surface area contributed by atoms with E-state index < -0.39 is 5.69 Å². The molecule has 1 heterocycles. The number of benzene rings is 2. The first-order valence-corrected chi connectivity index (χ1v) is 6.84. The Morgan fingerprint density at radius 2 is 1.59 bits per heavy atom. The summed E-state index contributed by atoms with van der Waals surface area (Å²) in [7, 11) is 0. The summed E-state index contributed by atoms with van der Waals surface area (Å²) >= 11 is 5.74. The van der Waals surface area contributed by atoms with Crippen molar-refractivity contribution < 1.29 is 0 Å². The van der Waals surface area contributed by atoms with Crippen molar-refractivity contribution in [2.75, 3.05) is 5.43 Å². The van der Waals surface area contributed by atoms with Crippen LogP contribution in [0.4, 0.5) is 5.95 Å². The topological polar surface area (TPSA) is 85.8 Å². The zero-order valence-corrected chi connectivity index (χ0v) is 12.2. The average molecular weight is 314 g/mol. The van der Waals surface area contributed by atoms with E-state index in [4.69, 9.17) is 17.4 Å². The Labute approximate surface area is 131 Å². The standard InChI is InChI=1S/C9H8ClN5O.C6H4/c10-6-1-3-7(4-2-6)15-5-12-8(14-11)13-9(15)16;1-2-6-4-3-5(1)6/h1-5H,11H2,(H,13,14,16);1-4H. The summed E-state index contributed by atoms with van der Waals surface area (Å²) in [6, 6.07) is 15.2. The molecule has 3 N–H and O–H groups in total. The third-order valence-corrected chi connectivity index (χ3v) is 3.41. The second-order valence-electron chi connectivity index (χ2n) is 4.53. The highest BCUT2D eigenvalue weighted by molar-refractivity contribution is 6.30. The maximum Gasteiger partial charge on any atom is 0.356 e. The molecule has 0 bridgehead atoms. The van der Waals surface area contributed by atoms with Crippen LogP contribution < -0.4 is 17.0 Å². The SMILES string of the molecule is NNc1ncn(-c2ccc(Cl)cc2)c(=O)n1.c1cc2ccc1-2. The monoisotopic (exact) mass is 313 g/mol. The molecule has 0 atom stereocenters. The molecule has 0 radical (unpaired) electrons. The van der Waals surface area contributed by atoms with Crippen LogP contribution in [0.3, 0.4) is 0 Å². The molecule has 0 amide bonds. The number of halogens is 1. The van der Waals surface area contributed by atoms with Crippen molar-refractivity contribution in [1.82, 2.24) is 14.5 Å². The summed E-state index contributed by atoms with van der Waals surface area (Å²) in [4.78, 5) is 19.0. The van der Waals surface area contributed by atoms with Gasteiger partial charge >= 0.3 is 5.69 Å². The predicted octanol–water partition coefficient (Wildman–Crippen LogP) is 2.23. The maximum absolute atomic E-state index is 11.6. The zero-order valence-electron chi connectivity index (χ0n) is 11.4. The van der Waals surface area contributed by atoms with Crippen molar-refractivity contribution in [1.29, 1.82) is 0 Å². The number of nitrogens with two attached hydrogens (primary N) is 1. The molecular weight excluding hydrogens is 302 g/mol. The first kappa shape index (κ1) is 14.2.